The van der Waals surface area contributed by atoms with Crippen LogP contribution in [0.5, 0.6) is 0 Å². The van der Waals surface area contributed by atoms with E-state index in [1.54, 1.807) is 0 Å². The molecule has 4 aliphatic heterocycles. The number of likely N-dealkylation sites (tertiary alicyclic amines) is 2. The SMILES string of the molecule is CCCCC1CN(CC2CCCCO2)C(=O)OC12CCN(C1(C)CCN(C(=O)c3c(C)ncnc3C)CC1)CC2. The van der Waals surface area contributed by atoms with Crippen LogP contribution in [0.15, 0.2) is 6.33 Å². The van der Waals surface area contributed by atoms with Crippen molar-refractivity contribution in [3.8, 4) is 0 Å². The number of ether oxygens (including phenoxy) is 2. The van der Waals surface area contributed by atoms with E-state index in [9.17, 15) is 9.59 Å². The van der Waals surface area contributed by atoms with E-state index in [2.05, 4.69) is 28.7 Å². The molecule has 0 aromatic carbocycles. The van der Waals surface area contributed by atoms with Crippen molar-refractivity contribution in [1.82, 2.24) is 24.7 Å². The summed E-state index contributed by atoms with van der Waals surface area (Å²) in [6.07, 6.45) is 11.9. The normalized spacial score (nSPS) is 27.1. The number of piperidine rings is 2. The third-order valence-electron chi connectivity index (χ3n) is 10.3. The number of carbonyl (C=O) groups is 2. The number of carbonyl (C=O) groups excluding carboxylic acids is 2. The first-order chi connectivity index (χ1) is 19.2. The molecule has 2 atom stereocenters. The van der Waals surface area contributed by atoms with Crippen LogP contribution in [-0.4, -0.2) is 99.8 Å². The minimum absolute atomic E-state index is 0.0393. The predicted octanol–water partition coefficient (Wildman–Crippen LogP) is 4.75. The van der Waals surface area contributed by atoms with Crippen molar-refractivity contribution >= 4 is 12.0 Å². The van der Waals surface area contributed by atoms with Gasteiger partial charge in [-0.2, -0.15) is 0 Å². The Labute approximate surface area is 240 Å². The molecule has 0 radical (unpaired) electrons. The van der Waals surface area contributed by atoms with Gasteiger partial charge in [-0.3, -0.25) is 9.69 Å². The number of aryl methyl sites for hydroxylation is 2. The third-order valence-corrected chi connectivity index (χ3v) is 10.3. The van der Waals surface area contributed by atoms with Crippen molar-refractivity contribution in [1.29, 1.82) is 0 Å². The van der Waals surface area contributed by atoms with E-state index < -0.39 is 0 Å². The van der Waals surface area contributed by atoms with Crippen LogP contribution in [0.4, 0.5) is 4.79 Å². The molecule has 0 aliphatic carbocycles. The Balaban J connectivity index is 1.19. The molecule has 1 aromatic heterocycles. The summed E-state index contributed by atoms with van der Waals surface area (Å²) in [7, 11) is 0. The molecular weight excluding hydrogens is 506 g/mol. The second kappa shape index (κ2) is 12.3. The van der Waals surface area contributed by atoms with E-state index in [1.165, 1.54) is 12.7 Å². The van der Waals surface area contributed by atoms with Gasteiger partial charge >= 0.3 is 6.09 Å². The van der Waals surface area contributed by atoms with Gasteiger partial charge in [-0.15, -0.1) is 0 Å². The summed E-state index contributed by atoms with van der Waals surface area (Å²) < 4.78 is 12.4. The summed E-state index contributed by atoms with van der Waals surface area (Å²) in [4.78, 5) is 41.6. The van der Waals surface area contributed by atoms with Crippen LogP contribution in [0.3, 0.4) is 0 Å². The number of hydrogen-bond acceptors (Lipinski definition) is 7. The maximum Gasteiger partial charge on any atom is 0.410 e. The molecule has 5 rings (SSSR count). The molecular formula is C31H49N5O4. The second-order valence-corrected chi connectivity index (χ2v) is 12.9. The molecule has 1 aromatic rings. The van der Waals surface area contributed by atoms with E-state index in [0.717, 1.165) is 109 Å². The minimum Gasteiger partial charge on any atom is -0.442 e. The van der Waals surface area contributed by atoms with Crippen molar-refractivity contribution in [3.63, 3.8) is 0 Å². The quantitative estimate of drug-likeness (QED) is 0.480. The summed E-state index contributed by atoms with van der Waals surface area (Å²) >= 11 is 0. The average molecular weight is 556 g/mol. The van der Waals surface area contributed by atoms with Crippen molar-refractivity contribution < 1.29 is 19.1 Å². The summed E-state index contributed by atoms with van der Waals surface area (Å²) in [6, 6.07) is 0. The first-order valence-electron chi connectivity index (χ1n) is 15.7. The molecule has 4 saturated heterocycles. The van der Waals surface area contributed by atoms with E-state index in [0.29, 0.717) is 18.0 Å². The van der Waals surface area contributed by atoms with Gasteiger partial charge in [0.1, 0.15) is 11.9 Å². The summed E-state index contributed by atoms with van der Waals surface area (Å²) in [5.41, 5.74) is 1.82. The highest BCUT2D eigenvalue weighted by molar-refractivity contribution is 5.96. The Bertz CT molecular complexity index is 1020. The molecule has 40 heavy (non-hydrogen) atoms. The van der Waals surface area contributed by atoms with E-state index in [4.69, 9.17) is 9.47 Å². The largest absolute Gasteiger partial charge is 0.442 e. The minimum atomic E-state index is -0.359. The molecule has 0 bridgehead atoms. The van der Waals surface area contributed by atoms with Crippen LogP contribution in [-0.2, 0) is 9.47 Å². The van der Waals surface area contributed by atoms with Crippen LogP contribution < -0.4 is 0 Å². The molecule has 1 spiro atoms. The number of hydrogen-bond donors (Lipinski definition) is 0. The molecule has 2 unspecified atom stereocenters. The predicted molar refractivity (Wildman–Crippen MR) is 153 cm³/mol. The molecule has 2 amide bonds. The number of unbranched alkanes of at least 4 members (excludes halogenated alkanes) is 1. The molecule has 222 valence electrons. The van der Waals surface area contributed by atoms with Crippen LogP contribution in [0, 0.1) is 19.8 Å². The average Bonchev–Trinajstić information content (AvgIpc) is 2.95. The molecule has 5 heterocycles. The third kappa shape index (κ3) is 6.01. The smallest absolute Gasteiger partial charge is 0.410 e. The molecule has 9 nitrogen and oxygen atoms in total. The monoisotopic (exact) mass is 555 g/mol. The fourth-order valence-corrected chi connectivity index (χ4v) is 7.48. The fourth-order valence-electron chi connectivity index (χ4n) is 7.48. The van der Waals surface area contributed by atoms with Crippen molar-refractivity contribution in [2.24, 2.45) is 5.92 Å². The lowest BCUT2D eigenvalue weighted by Gasteiger charge is -2.55. The number of nitrogens with zero attached hydrogens (tertiary/aromatic N) is 5. The molecule has 4 fully saturated rings. The highest BCUT2D eigenvalue weighted by Crippen LogP contribution is 2.43. The highest BCUT2D eigenvalue weighted by Gasteiger charge is 2.51. The Morgan fingerprint density at radius 2 is 1.75 bits per heavy atom. The fraction of sp³-hybridized carbons (Fsp3) is 0.806. The van der Waals surface area contributed by atoms with Gasteiger partial charge < -0.3 is 19.3 Å². The zero-order valence-corrected chi connectivity index (χ0v) is 25.1. The number of amides is 2. The van der Waals surface area contributed by atoms with Gasteiger partial charge in [0.25, 0.3) is 5.91 Å². The zero-order valence-electron chi connectivity index (χ0n) is 25.1. The topological polar surface area (TPSA) is 88.1 Å². The Morgan fingerprint density at radius 1 is 1.05 bits per heavy atom. The number of rotatable bonds is 7. The van der Waals surface area contributed by atoms with Gasteiger partial charge in [0.2, 0.25) is 0 Å². The summed E-state index contributed by atoms with van der Waals surface area (Å²) in [5, 5.41) is 0. The molecule has 9 heteroatoms. The Kier molecular flexibility index (Phi) is 9.00. The number of aromatic nitrogens is 2. The van der Waals surface area contributed by atoms with Gasteiger partial charge in [0.05, 0.1) is 29.6 Å². The molecule has 0 N–H and O–H groups in total. The lowest BCUT2D eigenvalue weighted by Crippen LogP contribution is -2.64. The Morgan fingerprint density at radius 3 is 2.38 bits per heavy atom. The van der Waals surface area contributed by atoms with Crippen LogP contribution in [0.2, 0.25) is 0 Å². The van der Waals surface area contributed by atoms with E-state index >= 15 is 0 Å². The van der Waals surface area contributed by atoms with Gasteiger partial charge in [-0.25, -0.2) is 14.8 Å². The summed E-state index contributed by atoms with van der Waals surface area (Å²) in [6.45, 7) is 13.9. The first-order valence-corrected chi connectivity index (χ1v) is 15.7. The second-order valence-electron chi connectivity index (χ2n) is 12.9. The molecule has 4 aliphatic rings. The lowest BCUT2D eigenvalue weighted by atomic mass is 9.74. The maximum absolute atomic E-state index is 13.3. The zero-order chi connectivity index (χ0) is 28.3. The standard InChI is InChI=1S/C31H49N5O4/c1-5-6-9-25-20-35(21-26-10-7-8-19-39-26)29(38)40-31(25)13-17-36(18-14-31)30(4)11-15-34(16-12-30)28(37)27-23(2)32-22-33-24(27)3/h22,25-26H,5-21H2,1-4H3. The van der Waals surface area contributed by atoms with Gasteiger partial charge in [-0.1, -0.05) is 19.8 Å². The van der Waals surface area contributed by atoms with Crippen molar-refractivity contribution in [2.45, 2.75) is 109 Å². The molecule has 0 saturated carbocycles. The van der Waals surface area contributed by atoms with Crippen molar-refractivity contribution in [2.75, 3.05) is 45.9 Å². The summed E-state index contributed by atoms with van der Waals surface area (Å²) in [5.74, 6) is 0.411. The maximum atomic E-state index is 13.3. The van der Waals surface area contributed by atoms with Gasteiger partial charge in [0.15, 0.2) is 0 Å². The lowest BCUT2D eigenvalue weighted by molar-refractivity contribution is -0.138. The van der Waals surface area contributed by atoms with Gasteiger partial charge in [-0.05, 0) is 59.3 Å². The highest BCUT2D eigenvalue weighted by atomic mass is 16.6. The van der Waals surface area contributed by atoms with Crippen molar-refractivity contribution in [3.05, 3.63) is 23.3 Å². The van der Waals surface area contributed by atoms with E-state index in [1.807, 2.05) is 23.6 Å². The van der Waals surface area contributed by atoms with Crippen LogP contribution in [0.25, 0.3) is 0 Å². The van der Waals surface area contributed by atoms with E-state index in [-0.39, 0.29) is 29.2 Å². The Hall–Kier alpha value is -2.26. The van der Waals surface area contributed by atoms with Crippen LogP contribution >= 0.6 is 0 Å². The first kappa shape index (κ1) is 29.2. The van der Waals surface area contributed by atoms with Crippen LogP contribution in [0.1, 0.15) is 99.8 Å². The van der Waals surface area contributed by atoms with Gasteiger partial charge in [0, 0.05) is 63.6 Å².